The molecule has 1 saturated heterocycles. The molecule has 0 amide bonds. The van der Waals surface area contributed by atoms with E-state index in [4.69, 9.17) is 9.72 Å². The topological polar surface area (TPSA) is 75.3 Å². The lowest BCUT2D eigenvalue weighted by molar-refractivity contribution is 0.309. The van der Waals surface area contributed by atoms with E-state index in [1.807, 2.05) is 19.1 Å². The molecule has 1 N–H and O–H groups in total. The van der Waals surface area contributed by atoms with Crippen molar-refractivity contribution < 1.29 is 13.2 Å². The van der Waals surface area contributed by atoms with Gasteiger partial charge in [0.25, 0.3) is 10.0 Å². The molecule has 1 atom stereocenters. The summed E-state index contributed by atoms with van der Waals surface area (Å²) in [5.74, 6) is 1.34. The number of aromatic amines is 1. The molecule has 0 spiro atoms. The third-order valence-corrected chi connectivity index (χ3v) is 8.11. The van der Waals surface area contributed by atoms with Gasteiger partial charge in [-0.25, -0.2) is 13.4 Å². The van der Waals surface area contributed by atoms with Crippen molar-refractivity contribution in [2.45, 2.75) is 29.9 Å². The summed E-state index contributed by atoms with van der Waals surface area (Å²) in [5, 5.41) is 1.74. The molecule has 26 heavy (non-hydrogen) atoms. The summed E-state index contributed by atoms with van der Waals surface area (Å²) in [5.41, 5.74) is 3.09. The molecule has 1 aliphatic heterocycles. The highest BCUT2D eigenvalue weighted by Gasteiger charge is 2.34. The minimum atomic E-state index is -3.55. The maximum absolute atomic E-state index is 13.0. The lowest BCUT2D eigenvalue weighted by Crippen LogP contribution is -2.39. The van der Waals surface area contributed by atoms with Crippen LogP contribution in [0.15, 0.2) is 33.9 Å². The molecule has 0 aliphatic carbocycles. The Morgan fingerprint density at radius 1 is 1.35 bits per heavy atom. The van der Waals surface area contributed by atoms with Gasteiger partial charge in [0.15, 0.2) is 4.21 Å². The number of hydrogen-bond acceptors (Lipinski definition) is 5. The van der Waals surface area contributed by atoms with Crippen LogP contribution in [0.1, 0.15) is 30.1 Å². The van der Waals surface area contributed by atoms with Gasteiger partial charge in [-0.1, -0.05) is 6.07 Å². The molecular formula is C18H21N3O3S2. The predicted molar refractivity (Wildman–Crippen MR) is 102 cm³/mol. The molecule has 4 rings (SSSR count). The Hall–Kier alpha value is -1.90. The first-order chi connectivity index (χ1) is 12.5. The first kappa shape index (κ1) is 17.5. The van der Waals surface area contributed by atoms with Crippen LogP contribution in [0.2, 0.25) is 0 Å². The summed E-state index contributed by atoms with van der Waals surface area (Å²) >= 11 is 1.20. The number of aromatic nitrogens is 2. The highest BCUT2D eigenvalue weighted by atomic mass is 32.2. The number of sulfonamides is 1. The average molecular weight is 392 g/mol. The van der Waals surface area contributed by atoms with Crippen molar-refractivity contribution in [3.8, 4) is 5.75 Å². The summed E-state index contributed by atoms with van der Waals surface area (Å²) in [7, 11) is -2.06. The van der Waals surface area contributed by atoms with E-state index >= 15 is 0 Å². The Bertz CT molecular complexity index is 1040. The van der Waals surface area contributed by atoms with Crippen LogP contribution in [0.5, 0.6) is 5.75 Å². The third kappa shape index (κ3) is 3.02. The van der Waals surface area contributed by atoms with Gasteiger partial charge < -0.3 is 9.72 Å². The van der Waals surface area contributed by atoms with Crippen molar-refractivity contribution in [1.29, 1.82) is 0 Å². The van der Waals surface area contributed by atoms with Crippen molar-refractivity contribution in [1.82, 2.24) is 14.3 Å². The number of ether oxygens (including phenoxy) is 1. The van der Waals surface area contributed by atoms with E-state index in [2.05, 4.69) is 11.1 Å². The second kappa shape index (κ2) is 6.68. The number of piperidine rings is 1. The highest BCUT2D eigenvalue weighted by molar-refractivity contribution is 7.91. The molecule has 1 fully saturated rings. The molecule has 1 aliphatic rings. The predicted octanol–water partition coefficient (Wildman–Crippen LogP) is 3.51. The van der Waals surface area contributed by atoms with Gasteiger partial charge in [0.05, 0.1) is 18.1 Å². The monoisotopic (exact) mass is 391 g/mol. The summed E-state index contributed by atoms with van der Waals surface area (Å²) in [6.45, 7) is 3.00. The van der Waals surface area contributed by atoms with Gasteiger partial charge in [0.2, 0.25) is 0 Å². The molecule has 0 saturated carbocycles. The van der Waals surface area contributed by atoms with Crippen molar-refractivity contribution in [2.75, 3.05) is 20.2 Å². The molecule has 138 valence electrons. The van der Waals surface area contributed by atoms with Crippen LogP contribution in [-0.4, -0.2) is 42.9 Å². The minimum Gasteiger partial charge on any atom is -0.494 e. The number of benzene rings is 1. The maximum atomic E-state index is 13.0. The molecule has 8 heteroatoms. The molecule has 6 nitrogen and oxygen atoms in total. The largest absolute Gasteiger partial charge is 0.494 e. The lowest BCUT2D eigenvalue weighted by Gasteiger charge is -2.30. The SMILES string of the molecule is COc1ccsc1S(=O)(=O)N1CCC[C@@H](c2nc3ccc(C)cc3[nH]2)C1. The van der Waals surface area contributed by atoms with E-state index in [1.165, 1.54) is 24.0 Å². The number of rotatable bonds is 4. The Morgan fingerprint density at radius 2 is 2.19 bits per heavy atom. The summed E-state index contributed by atoms with van der Waals surface area (Å²) in [6, 6.07) is 7.80. The number of thiophene rings is 1. The molecule has 0 unspecified atom stereocenters. The first-order valence-corrected chi connectivity index (χ1v) is 10.9. The Kier molecular flexibility index (Phi) is 4.50. The number of aryl methyl sites for hydroxylation is 1. The number of fused-ring (bicyclic) bond motifs is 1. The molecule has 2 aromatic heterocycles. The zero-order valence-electron chi connectivity index (χ0n) is 14.7. The highest BCUT2D eigenvalue weighted by Crippen LogP contribution is 2.35. The molecule has 1 aromatic carbocycles. The first-order valence-electron chi connectivity index (χ1n) is 8.57. The Morgan fingerprint density at radius 3 is 3.00 bits per heavy atom. The average Bonchev–Trinajstić information content (AvgIpc) is 3.28. The van der Waals surface area contributed by atoms with Crippen molar-refractivity contribution >= 4 is 32.4 Å². The summed E-state index contributed by atoms with van der Waals surface area (Å²) in [6.07, 6.45) is 1.74. The number of nitrogens with one attached hydrogen (secondary N) is 1. The van der Waals surface area contributed by atoms with E-state index in [0.717, 1.165) is 29.7 Å². The van der Waals surface area contributed by atoms with Gasteiger partial charge in [0, 0.05) is 19.0 Å². The summed E-state index contributed by atoms with van der Waals surface area (Å²) in [4.78, 5) is 8.07. The number of nitrogens with zero attached hydrogens (tertiary/aromatic N) is 2. The van der Waals surface area contributed by atoms with Gasteiger partial charge in [-0.2, -0.15) is 4.31 Å². The summed E-state index contributed by atoms with van der Waals surface area (Å²) < 4.78 is 33.1. The van der Waals surface area contributed by atoms with Crippen LogP contribution in [0, 0.1) is 6.92 Å². The standard InChI is InChI=1S/C18H21N3O3S2/c1-12-5-6-14-15(10-12)20-17(19-14)13-4-3-8-21(11-13)26(22,23)18-16(24-2)7-9-25-18/h5-7,9-10,13H,3-4,8,11H2,1-2H3,(H,19,20)/t13-/m1/s1. The van der Waals surface area contributed by atoms with Crippen LogP contribution in [0.25, 0.3) is 11.0 Å². The number of H-pyrrole nitrogens is 1. The van der Waals surface area contributed by atoms with Crippen LogP contribution in [0.3, 0.4) is 0 Å². The van der Waals surface area contributed by atoms with E-state index < -0.39 is 10.0 Å². The zero-order valence-corrected chi connectivity index (χ0v) is 16.4. The van der Waals surface area contributed by atoms with Gasteiger partial charge in [-0.15, -0.1) is 11.3 Å². The van der Waals surface area contributed by atoms with Crippen LogP contribution in [-0.2, 0) is 10.0 Å². The van der Waals surface area contributed by atoms with E-state index in [-0.39, 0.29) is 10.1 Å². The van der Waals surface area contributed by atoms with Gasteiger partial charge in [0.1, 0.15) is 11.6 Å². The Labute approximate surface area is 156 Å². The quantitative estimate of drug-likeness (QED) is 0.738. The zero-order chi connectivity index (χ0) is 18.3. The normalized spacial score (nSPS) is 19.1. The number of hydrogen-bond donors (Lipinski definition) is 1. The van der Waals surface area contributed by atoms with Crippen LogP contribution in [0.4, 0.5) is 0 Å². The van der Waals surface area contributed by atoms with Crippen molar-refractivity contribution in [3.05, 3.63) is 41.0 Å². The number of methoxy groups -OCH3 is 1. The second-order valence-corrected chi connectivity index (χ2v) is 9.67. The minimum absolute atomic E-state index is 0.0668. The third-order valence-electron chi connectivity index (χ3n) is 4.82. The lowest BCUT2D eigenvalue weighted by atomic mass is 9.99. The molecule has 3 heterocycles. The van der Waals surface area contributed by atoms with E-state index in [0.29, 0.717) is 18.8 Å². The second-order valence-electron chi connectivity index (χ2n) is 6.62. The molecule has 3 aromatic rings. The van der Waals surface area contributed by atoms with Crippen molar-refractivity contribution in [3.63, 3.8) is 0 Å². The molecular weight excluding hydrogens is 370 g/mol. The fourth-order valence-corrected chi connectivity index (χ4v) is 6.40. The van der Waals surface area contributed by atoms with Crippen LogP contribution >= 0.6 is 11.3 Å². The molecule has 0 bridgehead atoms. The van der Waals surface area contributed by atoms with Crippen molar-refractivity contribution in [2.24, 2.45) is 0 Å². The number of imidazole rings is 1. The maximum Gasteiger partial charge on any atom is 0.256 e. The Balaban J connectivity index is 1.62. The fraction of sp³-hybridized carbons (Fsp3) is 0.389. The fourth-order valence-electron chi connectivity index (χ4n) is 3.46. The molecule has 0 radical (unpaired) electrons. The van der Waals surface area contributed by atoms with Gasteiger partial charge in [-0.3, -0.25) is 0 Å². The smallest absolute Gasteiger partial charge is 0.256 e. The van der Waals surface area contributed by atoms with E-state index in [9.17, 15) is 8.42 Å². The van der Waals surface area contributed by atoms with Gasteiger partial charge in [-0.05, 0) is 48.9 Å². The van der Waals surface area contributed by atoms with Crippen LogP contribution < -0.4 is 4.74 Å². The van der Waals surface area contributed by atoms with E-state index in [1.54, 1.807) is 15.8 Å². The van der Waals surface area contributed by atoms with Gasteiger partial charge >= 0.3 is 0 Å².